The van der Waals surface area contributed by atoms with E-state index >= 15 is 0 Å². The maximum atomic E-state index is 12.1. The van der Waals surface area contributed by atoms with E-state index in [-0.39, 0.29) is 12.5 Å². The average molecular weight is 412 g/mol. The van der Waals surface area contributed by atoms with Crippen molar-refractivity contribution in [2.24, 2.45) is 34.2 Å². The van der Waals surface area contributed by atoms with Crippen LogP contribution in [-0.2, 0) is 4.79 Å². The van der Waals surface area contributed by atoms with Gasteiger partial charge in [0.15, 0.2) is 0 Å². The van der Waals surface area contributed by atoms with Gasteiger partial charge >= 0.3 is 12.0 Å². The molecule has 0 heterocycles. The Morgan fingerprint density at radius 2 is 1.97 bits per heavy atom. The van der Waals surface area contributed by atoms with Crippen LogP contribution in [0.25, 0.3) is 0 Å². The van der Waals surface area contributed by atoms with Crippen LogP contribution in [0.1, 0.15) is 52.4 Å². The monoisotopic (exact) mass is 411 g/mol. The van der Waals surface area contributed by atoms with Crippen LogP contribution < -0.4 is 10.7 Å². The Morgan fingerprint density at radius 3 is 2.67 bits per heavy atom. The van der Waals surface area contributed by atoms with Gasteiger partial charge in [-0.2, -0.15) is 5.10 Å². The molecular weight excluding hydrogens is 378 g/mol. The van der Waals surface area contributed by atoms with Crippen molar-refractivity contribution in [3.63, 3.8) is 0 Å². The Labute approximate surface area is 178 Å². The standard InChI is InChI=1S/C24H33N3O3/c1-24(2)18-14-17(10-6-3-4-9-13-22(28)29)20(21(24)15-18)16-25-27-23(30)26-19-11-7-5-8-12-19/h3,5-8,11-12,16-18,20-21H,4,9-10,13-15H2,1-2H3,(H,28,29)(H2,26,27,30)/b6-3-,25-16?/t17-,18?,20?,21?/m0/s1. The van der Waals surface area contributed by atoms with E-state index in [9.17, 15) is 9.59 Å². The number of carbonyl (C=O) groups excluding carboxylic acids is 1. The molecule has 3 N–H and O–H groups in total. The minimum atomic E-state index is -0.738. The zero-order valence-corrected chi connectivity index (χ0v) is 17.9. The smallest absolute Gasteiger partial charge is 0.339 e. The van der Waals surface area contributed by atoms with Crippen LogP contribution in [0.3, 0.4) is 0 Å². The third-order valence-corrected chi connectivity index (χ3v) is 6.95. The van der Waals surface area contributed by atoms with Gasteiger partial charge in [-0.05, 0) is 67.4 Å². The van der Waals surface area contributed by atoms with E-state index in [1.165, 1.54) is 12.8 Å². The predicted octanol–water partition coefficient (Wildman–Crippen LogP) is 5.29. The Morgan fingerprint density at radius 1 is 1.20 bits per heavy atom. The summed E-state index contributed by atoms with van der Waals surface area (Å²) in [7, 11) is 0. The third kappa shape index (κ3) is 5.49. The number of benzene rings is 1. The number of nitrogens with zero attached hydrogens (tertiary/aromatic N) is 1. The lowest BCUT2D eigenvalue weighted by molar-refractivity contribution is -0.137. The first-order chi connectivity index (χ1) is 14.4. The molecule has 162 valence electrons. The molecule has 6 heteroatoms. The molecule has 3 aliphatic carbocycles. The van der Waals surface area contributed by atoms with E-state index in [0.717, 1.165) is 24.4 Å². The molecule has 0 saturated heterocycles. The van der Waals surface area contributed by atoms with Crippen molar-refractivity contribution >= 4 is 23.9 Å². The number of carboxylic acids is 1. The van der Waals surface area contributed by atoms with Crippen molar-refractivity contribution in [3.8, 4) is 0 Å². The van der Waals surface area contributed by atoms with E-state index < -0.39 is 5.97 Å². The maximum absolute atomic E-state index is 12.1. The summed E-state index contributed by atoms with van der Waals surface area (Å²) in [4.78, 5) is 22.7. The molecule has 0 aliphatic heterocycles. The quantitative estimate of drug-likeness (QED) is 0.223. The van der Waals surface area contributed by atoms with Crippen LogP contribution in [0.5, 0.6) is 0 Å². The Balaban J connectivity index is 1.53. The van der Waals surface area contributed by atoms with E-state index in [4.69, 9.17) is 5.11 Å². The Bertz CT molecular complexity index is 788. The molecule has 3 aliphatic rings. The van der Waals surface area contributed by atoms with E-state index in [2.05, 4.69) is 41.8 Å². The molecule has 4 rings (SSSR count). The first-order valence-electron chi connectivity index (χ1n) is 10.9. The number of carboxylic acid groups (broad SMARTS) is 1. The molecule has 2 amide bonds. The van der Waals surface area contributed by atoms with Crippen LogP contribution in [0, 0.1) is 29.1 Å². The van der Waals surface area contributed by atoms with Gasteiger partial charge in [-0.1, -0.05) is 44.2 Å². The summed E-state index contributed by atoms with van der Waals surface area (Å²) in [5.41, 5.74) is 3.66. The van der Waals surface area contributed by atoms with Crippen molar-refractivity contribution in [1.29, 1.82) is 0 Å². The molecule has 3 saturated carbocycles. The normalized spacial score (nSPS) is 27.0. The number of urea groups is 1. The van der Waals surface area contributed by atoms with Crippen LogP contribution in [0.15, 0.2) is 47.6 Å². The lowest BCUT2D eigenvalue weighted by Crippen LogP contribution is -2.56. The highest BCUT2D eigenvalue weighted by Gasteiger charge is 2.56. The van der Waals surface area contributed by atoms with Crippen molar-refractivity contribution in [1.82, 2.24) is 5.43 Å². The average Bonchev–Trinajstić information content (AvgIpc) is 2.71. The minimum absolute atomic E-state index is 0.220. The minimum Gasteiger partial charge on any atom is -0.481 e. The van der Waals surface area contributed by atoms with Gasteiger partial charge < -0.3 is 10.4 Å². The topological polar surface area (TPSA) is 90.8 Å². The fourth-order valence-electron chi connectivity index (χ4n) is 5.06. The molecule has 3 unspecified atom stereocenters. The number of aliphatic carboxylic acids is 1. The summed E-state index contributed by atoms with van der Waals surface area (Å²) in [6.07, 6.45) is 11.3. The van der Waals surface area contributed by atoms with Gasteiger partial charge in [-0.25, -0.2) is 10.2 Å². The fourth-order valence-corrected chi connectivity index (χ4v) is 5.06. The molecule has 4 atom stereocenters. The van der Waals surface area contributed by atoms with Crippen LogP contribution in [0.4, 0.5) is 10.5 Å². The summed E-state index contributed by atoms with van der Waals surface area (Å²) < 4.78 is 0. The molecule has 1 aromatic rings. The number of allylic oxidation sites excluding steroid dienone is 2. The van der Waals surface area contributed by atoms with Crippen LogP contribution >= 0.6 is 0 Å². The highest BCUT2D eigenvalue weighted by atomic mass is 16.4. The SMILES string of the molecule is CC1(C)C2CC1C(C=NNC(=O)Nc1ccccc1)[C@@H](C/C=C\CCCC(=O)O)C2. The fraction of sp³-hybridized carbons (Fsp3) is 0.542. The highest BCUT2D eigenvalue weighted by Crippen LogP contribution is 2.63. The second-order valence-electron chi connectivity index (χ2n) is 9.14. The number of anilines is 1. The molecule has 2 bridgehead atoms. The van der Waals surface area contributed by atoms with E-state index in [0.29, 0.717) is 29.6 Å². The van der Waals surface area contributed by atoms with Gasteiger partial charge in [-0.3, -0.25) is 4.79 Å². The third-order valence-electron chi connectivity index (χ3n) is 6.95. The summed E-state index contributed by atoms with van der Waals surface area (Å²) in [6.45, 7) is 4.69. The molecular formula is C24H33N3O3. The van der Waals surface area contributed by atoms with Gasteiger partial charge in [-0.15, -0.1) is 0 Å². The molecule has 0 radical (unpaired) electrons. The molecule has 6 nitrogen and oxygen atoms in total. The second-order valence-corrected chi connectivity index (χ2v) is 9.14. The number of hydrogen-bond acceptors (Lipinski definition) is 3. The maximum Gasteiger partial charge on any atom is 0.339 e. The Hall–Kier alpha value is -2.63. The van der Waals surface area contributed by atoms with Crippen molar-refractivity contribution < 1.29 is 14.7 Å². The van der Waals surface area contributed by atoms with Gasteiger partial charge in [0.25, 0.3) is 0 Å². The van der Waals surface area contributed by atoms with Gasteiger partial charge in [0.05, 0.1) is 0 Å². The van der Waals surface area contributed by atoms with Crippen LogP contribution in [0.2, 0.25) is 0 Å². The zero-order chi connectivity index (χ0) is 21.6. The van der Waals surface area contributed by atoms with Gasteiger partial charge in [0.2, 0.25) is 0 Å². The lowest BCUT2D eigenvalue weighted by Gasteiger charge is -2.62. The first-order valence-corrected chi connectivity index (χ1v) is 10.9. The van der Waals surface area contributed by atoms with Crippen molar-refractivity contribution in [2.75, 3.05) is 5.32 Å². The predicted molar refractivity (Wildman–Crippen MR) is 119 cm³/mol. The zero-order valence-electron chi connectivity index (χ0n) is 17.9. The number of nitrogens with one attached hydrogen (secondary N) is 2. The second kappa shape index (κ2) is 9.92. The molecule has 1 aromatic carbocycles. The summed E-state index contributed by atoms with van der Waals surface area (Å²) in [5, 5.41) is 15.8. The highest BCUT2D eigenvalue weighted by molar-refractivity contribution is 5.89. The Kier molecular flexibility index (Phi) is 7.29. The van der Waals surface area contributed by atoms with Gasteiger partial charge in [0, 0.05) is 24.2 Å². The number of hydrazone groups is 1. The molecule has 30 heavy (non-hydrogen) atoms. The van der Waals surface area contributed by atoms with Crippen molar-refractivity contribution in [2.45, 2.75) is 52.4 Å². The van der Waals surface area contributed by atoms with E-state index in [1.807, 2.05) is 36.5 Å². The van der Waals surface area contributed by atoms with Crippen LogP contribution in [-0.4, -0.2) is 23.3 Å². The summed E-state index contributed by atoms with van der Waals surface area (Å²) in [5.74, 6) is 1.46. The van der Waals surface area contributed by atoms with E-state index in [1.54, 1.807) is 0 Å². The number of carbonyl (C=O) groups is 2. The first kappa shape index (κ1) is 22.1. The lowest BCUT2D eigenvalue weighted by atomic mass is 9.43. The number of fused-ring (bicyclic) bond motifs is 2. The summed E-state index contributed by atoms with van der Waals surface area (Å²) in [6, 6.07) is 8.97. The molecule has 0 spiro atoms. The molecule has 0 aromatic heterocycles. The number of hydrogen-bond donors (Lipinski definition) is 3. The number of para-hydroxylation sites is 1. The molecule has 3 fully saturated rings. The number of rotatable bonds is 9. The largest absolute Gasteiger partial charge is 0.481 e. The number of unbranched alkanes of at least 4 members (excludes halogenated alkanes) is 1. The van der Waals surface area contributed by atoms with Crippen molar-refractivity contribution in [3.05, 3.63) is 42.5 Å². The number of amides is 2. The van der Waals surface area contributed by atoms with Gasteiger partial charge in [0.1, 0.15) is 0 Å². The summed E-state index contributed by atoms with van der Waals surface area (Å²) >= 11 is 0.